The van der Waals surface area contributed by atoms with Gasteiger partial charge >= 0.3 is 0 Å². The molecular formula is C14H19N3O2. The van der Waals surface area contributed by atoms with E-state index >= 15 is 0 Å². The van der Waals surface area contributed by atoms with Gasteiger partial charge in [0.2, 0.25) is 0 Å². The van der Waals surface area contributed by atoms with Crippen LogP contribution < -0.4 is 0 Å². The van der Waals surface area contributed by atoms with Crippen molar-refractivity contribution in [3.8, 4) is 5.75 Å². The standard InChI is InChI=1S/C14H19N3O2/c1-16-10-4-5-11(16)9-17(8-6-10)14(19)13-12(18)3-2-7-15-13/h2-3,7,10-11,18H,4-6,8-9H2,1H3. The monoisotopic (exact) mass is 261 g/mol. The van der Waals surface area contributed by atoms with Crippen LogP contribution in [0.15, 0.2) is 18.3 Å². The molecule has 0 saturated carbocycles. The van der Waals surface area contributed by atoms with Gasteiger partial charge in [0.15, 0.2) is 5.69 Å². The maximum atomic E-state index is 12.4. The first kappa shape index (κ1) is 12.4. The van der Waals surface area contributed by atoms with Crippen LogP contribution >= 0.6 is 0 Å². The highest BCUT2D eigenvalue weighted by atomic mass is 16.3. The Hall–Kier alpha value is -1.62. The van der Waals surface area contributed by atoms with Gasteiger partial charge in [0.05, 0.1) is 0 Å². The number of carbonyl (C=O) groups excluding carboxylic acids is 1. The molecular weight excluding hydrogens is 242 g/mol. The number of likely N-dealkylation sites (tertiary alicyclic amines) is 1. The summed E-state index contributed by atoms with van der Waals surface area (Å²) in [5, 5.41) is 9.75. The molecule has 5 nitrogen and oxygen atoms in total. The van der Waals surface area contributed by atoms with Gasteiger partial charge in [-0.1, -0.05) is 0 Å². The van der Waals surface area contributed by atoms with Gasteiger partial charge < -0.3 is 10.0 Å². The van der Waals surface area contributed by atoms with E-state index in [0.29, 0.717) is 12.1 Å². The zero-order valence-electron chi connectivity index (χ0n) is 11.1. The molecule has 1 aromatic rings. The zero-order chi connectivity index (χ0) is 13.4. The minimum absolute atomic E-state index is 0.0322. The van der Waals surface area contributed by atoms with Crippen molar-refractivity contribution in [2.75, 3.05) is 20.1 Å². The molecule has 2 fully saturated rings. The van der Waals surface area contributed by atoms with Crippen LogP contribution in [0.3, 0.4) is 0 Å². The molecule has 2 aliphatic rings. The number of carbonyl (C=O) groups is 1. The summed E-state index contributed by atoms with van der Waals surface area (Å²) in [5.74, 6) is -0.186. The molecule has 2 saturated heterocycles. The lowest BCUT2D eigenvalue weighted by Crippen LogP contribution is -2.40. The van der Waals surface area contributed by atoms with Gasteiger partial charge in [0, 0.05) is 31.4 Å². The molecule has 0 aromatic carbocycles. The van der Waals surface area contributed by atoms with Gasteiger partial charge in [-0.05, 0) is 38.4 Å². The Morgan fingerprint density at radius 2 is 2.16 bits per heavy atom. The molecule has 1 N–H and O–H groups in total. The summed E-state index contributed by atoms with van der Waals surface area (Å²) in [7, 11) is 2.15. The minimum Gasteiger partial charge on any atom is -0.505 e. The molecule has 2 atom stereocenters. The van der Waals surface area contributed by atoms with Crippen molar-refractivity contribution < 1.29 is 9.90 Å². The number of hydrogen-bond donors (Lipinski definition) is 1. The SMILES string of the molecule is CN1C2CCC1CN(C(=O)c1ncccc1O)CC2. The predicted octanol–water partition coefficient (Wildman–Crippen LogP) is 1.10. The Labute approximate surface area is 112 Å². The van der Waals surface area contributed by atoms with Crippen molar-refractivity contribution in [2.45, 2.75) is 31.3 Å². The average molecular weight is 261 g/mol. The van der Waals surface area contributed by atoms with E-state index < -0.39 is 0 Å². The first-order valence-corrected chi connectivity index (χ1v) is 6.82. The maximum absolute atomic E-state index is 12.4. The second kappa shape index (κ2) is 4.81. The number of fused-ring (bicyclic) bond motifs is 2. The first-order chi connectivity index (χ1) is 9.16. The topological polar surface area (TPSA) is 56.7 Å². The molecule has 19 heavy (non-hydrogen) atoms. The van der Waals surface area contributed by atoms with Gasteiger partial charge in [0.1, 0.15) is 5.75 Å². The van der Waals surface area contributed by atoms with Gasteiger partial charge in [-0.2, -0.15) is 0 Å². The Morgan fingerprint density at radius 1 is 1.37 bits per heavy atom. The molecule has 1 amide bonds. The maximum Gasteiger partial charge on any atom is 0.276 e. The van der Waals surface area contributed by atoms with Crippen LogP contribution in [-0.2, 0) is 0 Å². The summed E-state index contributed by atoms with van der Waals surface area (Å²) < 4.78 is 0. The van der Waals surface area contributed by atoms with Crippen molar-refractivity contribution >= 4 is 5.91 Å². The molecule has 0 radical (unpaired) electrons. The smallest absolute Gasteiger partial charge is 0.276 e. The number of rotatable bonds is 1. The normalized spacial score (nSPS) is 27.3. The van der Waals surface area contributed by atoms with Crippen molar-refractivity contribution in [2.24, 2.45) is 0 Å². The number of aromatic hydroxyl groups is 1. The molecule has 1 aromatic heterocycles. The number of aromatic nitrogens is 1. The molecule has 2 bridgehead atoms. The fourth-order valence-electron chi connectivity index (χ4n) is 3.20. The number of pyridine rings is 1. The van der Waals surface area contributed by atoms with E-state index in [9.17, 15) is 9.90 Å². The van der Waals surface area contributed by atoms with Gasteiger partial charge in [-0.25, -0.2) is 4.98 Å². The fourth-order valence-corrected chi connectivity index (χ4v) is 3.20. The van der Waals surface area contributed by atoms with Crippen LogP contribution in [0.1, 0.15) is 29.8 Å². The van der Waals surface area contributed by atoms with E-state index in [2.05, 4.69) is 16.9 Å². The summed E-state index contributed by atoms with van der Waals surface area (Å²) in [4.78, 5) is 20.7. The number of nitrogens with zero attached hydrogens (tertiary/aromatic N) is 3. The van der Waals surface area contributed by atoms with E-state index in [4.69, 9.17) is 0 Å². The molecule has 2 aliphatic heterocycles. The van der Waals surface area contributed by atoms with Gasteiger partial charge in [0.25, 0.3) is 5.91 Å². The second-order valence-corrected chi connectivity index (χ2v) is 5.46. The van der Waals surface area contributed by atoms with Crippen LogP contribution in [0.2, 0.25) is 0 Å². The van der Waals surface area contributed by atoms with Crippen LogP contribution in [0, 0.1) is 0 Å². The van der Waals surface area contributed by atoms with E-state index in [1.54, 1.807) is 12.3 Å². The number of hydrogen-bond acceptors (Lipinski definition) is 4. The quantitative estimate of drug-likeness (QED) is 0.822. The third-order valence-corrected chi connectivity index (χ3v) is 4.42. The molecule has 5 heteroatoms. The lowest BCUT2D eigenvalue weighted by Gasteiger charge is -2.25. The van der Waals surface area contributed by atoms with E-state index in [-0.39, 0.29) is 17.4 Å². The highest BCUT2D eigenvalue weighted by molar-refractivity contribution is 5.94. The van der Waals surface area contributed by atoms with Gasteiger partial charge in [-0.15, -0.1) is 0 Å². The first-order valence-electron chi connectivity index (χ1n) is 6.82. The molecule has 3 rings (SSSR count). The Morgan fingerprint density at radius 3 is 2.95 bits per heavy atom. The number of likely N-dealkylation sites (N-methyl/N-ethyl adjacent to an activating group) is 1. The van der Waals surface area contributed by atoms with Crippen molar-refractivity contribution in [3.63, 3.8) is 0 Å². The Kier molecular flexibility index (Phi) is 3.14. The van der Waals surface area contributed by atoms with Crippen molar-refractivity contribution in [1.29, 1.82) is 0 Å². The summed E-state index contributed by atoms with van der Waals surface area (Å²) >= 11 is 0. The van der Waals surface area contributed by atoms with Crippen LogP contribution in [0.4, 0.5) is 0 Å². The van der Waals surface area contributed by atoms with E-state index in [1.165, 1.54) is 12.5 Å². The molecule has 2 unspecified atom stereocenters. The van der Waals surface area contributed by atoms with Crippen LogP contribution in [0.5, 0.6) is 5.75 Å². The van der Waals surface area contributed by atoms with Crippen molar-refractivity contribution in [3.05, 3.63) is 24.0 Å². The van der Waals surface area contributed by atoms with Crippen LogP contribution in [-0.4, -0.2) is 58.0 Å². The highest BCUT2D eigenvalue weighted by Gasteiger charge is 2.36. The van der Waals surface area contributed by atoms with E-state index in [1.807, 2.05) is 4.90 Å². The zero-order valence-corrected chi connectivity index (χ0v) is 11.1. The molecule has 102 valence electrons. The third-order valence-electron chi connectivity index (χ3n) is 4.42. The molecule has 0 aliphatic carbocycles. The lowest BCUT2D eigenvalue weighted by atomic mass is 10.1. The third kappa shape index (κ3) is 2.18. The summed E-state index contributed by atoms with van der Waals surface area (Å²) in [6.45, 7) is 1.49. The Balaban J connectivity index is 1.80. The average Bonchev–Trinajstić information content (AvgIpc) is 2.63. The predicted molar refractivity (Wildman–Crippen MR) is 71.0 cm³/mol. The summed E-state index contributed by atoms with van der Waals surface area (Å²) in [6.07, 6.45) is 4.94. The van der Waals surface area contributed by atoms with Gasteiger partial charge in [-0.3, -0.25) is 9.69 Å². The van der Waals surface area contributed by atoms with Crippen molar-refractivity contribution in [1.82, 2.24) is 14.8 Å². The summed E-state index contributed by atoms with van der Waals surface area (Å²) in [5.41, 5.74) is 0.169. The van der Waals surface area contributed by atoms with E-state index in [0.717, 1.165) is 25.9 Å². The Bertz CT molecular complexity index is 491. The lowest BCUT2D eigenvalue weighted by molar-refractivity contribution is 0.0731. The molecule has 3 heterocycles. The summed E-state index contributed by atoms with van der Waals surface area (Å²) in [6, 6.07) is 4.18. The fraction of sp³-hybridized carbons (Fsp3) is 0.571. The number of amides is 1. The van der Waals surface area contributed by atoms with Crippen LogP contribution in [0.25, 0.3) is 0 Å². The second-order valence-electron chi connectivity index (χ2n) is 5.46. The molecule has 0 spiro atoms. The largest absolute Gasteiger partial charge is 0.505 e. The highest BCUT2D eigenvalue weighted by Crippen LogP contribution is 2.29. The minimum atomic E-state index is -0.154.